The number of hydrogen-bond acceptors (Lipinski definition) is 3. The summed E-state index contributed by atoms with van der Waals surface area (Å²) in [4.78, 5) is 25.3. The van der Waals surface area contributed by atoms with E-state index in [9.17, 15) is 9.59 Å². The molecule has 0 bridgehead atoms. The third-order valence-electron chi connectivity index (χ3n) is 4.39. The first-order chi connectivity index (χ1) is 11.0. The number of aryl methyl sites for hydroxylation is 1. The minimum atomic E-state index is -0.265. The molecule has 0 unspecified atom stereocenters. The van der Waals surface area contributed by atoms with Gasteiger partial charge in [0.2, 0.25) is 11.8 Å². The van der Waals surface area contributed by atoms with Crippen LogP contribution in [0.3, 0.4) is 0 Å². The maximum Gasteiger partial charge on any atom is 0.224 e. The predicted molar refractivity (Wildman–Crippen MR) is 87.9 cm³/mol. The Morgan fingerprint density at radius 3 is 2.74 bits per heavy atom. The summed E-state index contributed by atoms with van der Waals surface area (Å²) in [6.45, 7) is 1.73. The molecule has 1 fully saturated rings. The molecule has 23 heavy (non-hydrogen) atoms. The number of hydrogen-bond donors (Lipinski definition) is 1. The number of nitrogens with two attached hydrogens (primary N) is 1. The topological polar surface area (TPSA) is 81.2 Å². The molecule has 0 atom stereocenters. The van der Waals surface area contributed by atoms with Crippen molar-refractivity contribution < 1.29 is 9.59 Å². The Labute approximate surface area is 139 Å². The van der Waals surface area contributed by atoms with Gasteiger partial charge in [0.05, 0.1) is 18.3 Å². The average molecular weight is 335 g/mol. The smallest absolute Gasteiger partial charge is 0.224 e. The van der Waals surface area contributed by atoms with E-state index in [4.69, 9.17) is 17.3 Å². The van der Waals surface area contributed by atoms with Crippen molar-refractivity contribution in [3.8, 4) is 0 Å². The number of primary amides is 1. The highest BCUT2D eigenvalue weighted by Crippen LogP contribution is 2.20. The number of halogens is 1. The third-order valence-corrected chi connectivity index (χ3v) is 4.63. The summed E-state index contributed by atoms with van der Waals surface area (Å²) in [6.07, 6.45) is 3.46. The Morgan fingerprint density at radius 1 is 1.30 bits per heavy atom. The monoisotopic (exact) mass is 334 g/mol. The van der Waals surface area contributed by atoms with Gasteiger partial charge in [-0.25, -0.2) is 0 Å². The first-order valence-electron chi connectivity index (χ1n) is 7.73. The highest BCUT2D eigenvalue weighted by molar-refractivity contribution is 6.31. The van der Waals surface area contributed by atoms with Crippen molar-refractivity contribution in [1.82, 2.24) is 14.7 Å². The van der Waals surface area contributed by atoms with Crippen molar-refractivity contribution in [1.29, 1.82) is 0 Å². The Bertz CT molecular complexity index is 735. The van der Waals surface area contributed by atoms with Crippen LogP contribution in [0, 0.1) is 5.92 Å². The van der Waals surface area contributed by atoms with E-state index in [0.717, 1.165) is 10.9 Å². The Kier molecular flexibility index (Phi) is 4.52. The fourth-order valence-corrected chi connectivity index (χ4v) is 3.19. The van der Waals surface area contributed by atoms with Crippen LogP contribution in [0.1, 0.15) is 19.3 Å². The van der Waals surface area contributed by atoms with Gasteiger partial charge in [0.1, 0.15) is 0 Å². The van der Waals surface area contributed by atoms with Crippen molar-refractivity contribution in [2.75, 3.05) is 13.1 Å². The second-order valence-corrected chi connectivity index (χ2v) is 6.31. The molecule has 6 nitrogen and oxygen atoms in total. The van der Waals surface area contributed by atoms with Gasteiger partial charge < -0.3 is 10.6 Å². The van der Waals surface area contributed by atoms with Crippen LogP contribution >= 0.6 is 11.6 Å². The van der Waals surface area contributed by atoms with Gasteiger partial charge in [-0.3, -0.25) is 14.3 Å². The van der Waals surface area contributed by atoms with Gasteiger partial charge in [-0.05, 0) is 31.0 Å². The number of carbonyl (C=O) groups is 2. The molecular formula is C16H19ClN4O2. The molecule has 2 N–H and O–H groups in total. The molecule has 0 spiro atoms. The van der Waals surface area contributed by atoms with E-state index in [-0.39, 0.29) is 17.7 Å². The maximum absolute atomic E-state index is 12.3. The number of piperidine rings is 1. The molecule has 2 aromatic rings. The predicted octanol–water partition coefficient (Wildman–Crippen LogP) is 1.80. The van der Waals surface area contributed by atoms with Gasteiger partial charge >= 0.3 is 0 Å². The number of likely N-dealkylation sites (tertiary alicyclic amines) is 1. The molecule has 122 valence electrons. The summed E-state index contributed by atoms with van der Waals surface area (Å²) in [5.74, 6) is -0.275. The molecule has 0 radical (unpaired) electrons. The lowest BCUT2D eigenvalue weighted by Gasteiger charge is -2.30. The van der Waals surface area contributed by atoms with Crippen molar-refractivity contribution >= 4 is 34.3 Å². The molecular weight excluding hydrogens is 316 g/mol. The molecule has 1 aliphatic rings. The maximum atomic E-state index is 12.3. The summed E-state index contributed by atoms with van der Waals surface area (Å²) in [6, 6.07) is 5.59. The summed E-state index contributed by atoms with van der Waals surface area (Å²) >= 11 is 5.96. The van der Waals surface area contributed by atoms with Gasteiger partial charge in [-0.1, -0.05) is 11.6 Å². The Balaban J connectivity index is 1.57. The van der Waals surface area contributed by atoms with Crippen molar-refractivity contribution in [2.45, 2.75) is 25.8 Å². The number of benzene rings is 1. The third kappa shape index (κ3) is 3.47. The number of rotatable bonds is 4. The van der Waals surface area contributed by atoms with Crippen molar-refractivity contribution in [3.63, 3.8) is 0 Å². The molecule has 1 aliphatic heterocycles. The molecule has 0 saturated carbocycles. The van der Waals surface area contributed by atoms with Crippen LogP contribution < -0.4 is 5.73 Å². The standard InChI is InChI=1S/C16H19ClN4O2/c17-13-1-2-14-12(9-13)10-19-21(14)8-5-15(22)20-6-3-11(4-7-20)16(18)23/h1-2,9-11H,3-8H2,(H2,18,23). The number of fused-ring (bicyclic) bond motifs is 1. The zero-order valence-electron chi connectivity index (χ0n) is 12.7. The van der Waals surface area contributed by atoms with E-state index in [1.165, 1.54) is 0 Å². The van der Waals surface area contributed by atoms with Crippen LogP contribution in [0.4, 0.5) is 0 Å². The number of aromatic nitrogens is 2. The number of carbonyl (C=O) groups excluding carboxylic acids is 2. The normalized spacial score (nSPS) is 16.0. The first kappa shape index (κ1) is 15.8. The van der Waals surface area contributed by atoms with Gasteiger partial charge in [0.15, 0.2) is 0 Å². The van der Waals surface area contributed by atoms with E-state index in [1.807, 2.05) is 27.8 Å². The summed E-state index contributed by atoms with van der Waals surface area (Å²) in [5.41, 5.74) is 6.28. The zero-order valence-corrected chi connectivity index (χ0v) is 13.5. The van der Waals surface area contributed by atoms with E-state index in [1.54, 1.807) is 6.20 Å². The van der Waals surface area contributed by atoms with Crippen molar-refractivity contribution in [3.05, 3.63) is 29.4 Å². The molecule has 1 aromatic carbocycles. The molecule has 2 heterocycles. The van der Waals surface area contributed by atoms with Gasteiger partial charge in [-0.15, -0.1) is 0 Å². The van der Waals surface area contributed by atoms with Gasteiger partial charge in [0.25, 0.3) is 0 Å². The van der Waals surface area contributed by atoms with Crippen LogP contribution in [-0.2, 0) is 16.1 Å². The van der Waals surface area contributed by atoms with Gasteiger partial charge in [0, 0.05) is 35.8 Å². The number of amides is 2. The highest BCUT2D eigenvalue weighted by atomic mass is 35.5. The molecule has 1 aromatic heterocycles. The fraction of sp³-hybridized carbons (Fsp3) is 0.438. The minimum Gasteiger partial charge on any atom is -0.369 e. The van der Waals surface area contributed by atoms with E-state index >= 15 is 0 Å². The summed E-state index contributed by atoms with van der Waals surface area (Å²) < 4.78 is 1.82. The largest absolute Gasteiger partial charge is 0.369 e. The van der Waals surface area contributed by atoms with Crippen LogP contribution in [0.25, 0.3) is 10.9 Å². The van der Waals surface area contributed by atoms with E-state index in [2.05, 4.69) is 5.10 Å². The minimum absolute atomic E-state index is 0.0885. The fourth-order valence-electron chi connectivity index (χ4n) is 3.01. The van der Waals surface area contributed by atoms with Gasteiger partial charge in [-0.2, -0.15) is 5.10 Å². The highest BCUT2D eigenvalue weighted by Gasteiger charge is 2.25. The lowest BCUT2D eigenvalue weighted by atomic mass is 9.96. The van der Waals surface area contributed by atoms with Crippen molar-refractivity contribution in [2.24, 2.45) is 11.7 Å². The molecule has 2 amide bonds. The summed E-state index contributed by atoms with van der Waals surface area (Å²) in [7, 11) is 0. The molecule has 7 heteroatoms. The average Bonchev–Trinajstić information content (AvgIpc) is 2.94. The Hall–Kier alpha value is -2.08. The molecule has 0 aliphatic carbocycles. The molecule has 1 saturated heterocycles. The van der Waals surface area contributed by atoms with E-state index in [0.29, 0.717) is 43.9 Å². The van der Waals surface area contributed by atoms with Crippen LogP contribution in [0.15, 0.2) is 24.4 Å². The second kappa shape index (κ2) is 6.58. The molecule has 3 rings (SSSR count). The van der Waals surface area contributed by atoms with E-state index < -0.39 is 0 Å². The Morgan fingerprint density at radius 2 is 2.04 bits per heavy atom. The number of nitrogens with zero attached hydrogens (tertiary/aromatic N) is 3. The SMILES string of the molecule is NC(=O)C1CCN(C(=O)CCn2ncc3cc(Cl)ccc32)CC1. The quantitative estimate of drug-likeness (QED) is 0.925. The second-order valence-electron chi connectivity index (χ2n) is 5.88. The summed E-state index contributed by atoms with van der Waals surface area (Å²) in [5, 5.41) is 5.95. The van der Waals surface area contributed by atoms with Crippen LogP contribution in [-0.4, -0.2) is 39.6 Å². The lowest BCUT2D eigenvalue weighted by Crippen LogP contribution is -2.41. The zero-order chi connectivity index (χ0) is 16.4. The first-order valence-corrected chi connectivity index (χ1v) is 8.10. The van der Waals surface area contributed by atoms with Crippen LogP contribution in [0.5, 0.6) is 0 Å². The lowest BCUT2D eigenvalue weighted by molar-refractivity contribution is -0.135. The van der Waals surface area contributed by atoms with Crippen LogP contribution in [0.2, 0.25) is 5.02 Å².